The number of hydrogen-bond donors (Lipinski definition) is 3. The third-order valence-electron chi connectivity index (χ3n) is 5.26. The third kappa shape index (κ3) is 5.81. The lowest BCUT2D eigenvalue weighted by Gasteiger charge is -2.19. The van der Waals surface area contributed by atoms with Crippen molar-refractivity contribution in [3.05, 3.63) is 71.1 Å². The fraction of sp³-hybridized carbons (Fsp3) is 0.250. The largest absolute Gasteiger partial charge is 0.394 e. The van der Waals surface area contributed by atoms with Gasteiger partial charge >= 0.3 is 0 Å². The highest BCUT2D eigenvalue weighted by molar-refractivity contribution is 7.90. The molecule has 0 radical (unpaired) electrons. The van der Waals surface area contributed by atoms with E-state index in [1.54, 1.807) is 6.07 Å². The van der Waals surface area contributed by atoms with Crippen LogP contribution >= 0.6 is 11.6 Å². The number of nitrogens with one attached hydrogen (secondary N) is 2. The first-order chi connectivity index (χ1) is 17.2. The van der Waals surface area contributed by atoms with Gasteiger partial charge in [-0.25, -0.2) is 13.4 Å². The molecule has 3 N–H and O–H groups in total. The molecule has 0 amide bonds. The SMILES string of the molecule is CC(C)c1noc(-c2cnc(Nc3ccc(S(C)(=O)=O)c(Cl)c3)nc2N[C@H](CO)c2ccccc2)n1. The van der Waals surface area contributed by atoms with Gasteiger partial charge in [-0.1, -0.05) is 60.9 Å². The summed E-state index contributed by atoms with van der Waals surface area (Å²) in [5.74, 6) is 1.40. The van der Waals surface area contributed by atoms with Crippen LogP contribution in [-0.4, -0.2) is 46.5 Å². The standard InChI is InChI=1S/C24H25ClN6O4S/c1-14(2)21-29-23(35-31-21)17-12-26-24(27-16-9-10-20(18(25)11-16)36(3,33)34)30-22(17)28-19(13-32)15-7-5-4-6-8-15/h4-12,14,19,32H,13H2,1-3H3,(H2,26,27,28,30)/t19-/m1/s1. The molecule has 0 unspecified atom stereocenters. The molecule has 2 aromatic carbocycles. The van der Waals surface area contributed by atoms with Crippen LogP contribution in [0.4, 0.5) is 17.5 Å². The molecule has 4 aromatic rings. The quantitative estimate of drug-likeness (QED) is 0.282. The average molecular weight is 529 g/mol. The van der Waals surface area contributed by atoms with Gasteiger partial charge in [0.1, 0.15) is 11.4 Å². The van der Waals surface area contributed by atoms with Crippen molar-refractivity contribution >= 4 is 38.9 Å². The van der Waals surface area contributed by atoms with E-state index in [9.17, 15) is 13.5 Å². The molecular formula is C24H25ClN6O4S. The van der Waals surface area contributed by atoms with E-state index in [-0.39, 0.29) is 34.3 Å². The maximum atomic E-state index is 11.9. The lowest BCUT2D eigenvalue weighted by Crippen LogP contribution is -2.17. The van der Waals surface area contributed by atoms with Crippen molar-refractivity contribution in [3.8, 4) is 11.5 Å². The molecule has 2 heterocycles. The summed E-state index contributed by atoms with van der Waals surface area (Å²) in [6.07, 6.45) is 2.62. The van der Waals surface area contributed by atoms with Crippen LogP contribution in [0.2, 0.25) is 5.02 Å². The molecule has 0 spiro atoms. The lowest BCUT2D eigenvalue weighted by atomic mass is 10.1. The van der Waals surface area contributed by atoms with Gasteiger partial charge in [-0.3, -0.25) is 0 Å². The van der Waals surface area contributed by atoms with Crippen LogP contribution in [0.15, 0.2) is 64.1 Å². The van der Waals surface area contributed by atoms with Gasteiger partial charge in [-0.2, -0.15) is 9.97 Å². The van der Waals surface area contributed by atoms with Crippen molar-refractivity contribution in [1.29, 1.82) is 0 Å². The number of sulfone groups is 1. The van der Waals surface area contributed by atoms with Crippen molar-refractivity contribution in [2.24, 2.45) is 0 Å². The second-order valence-corrected chi connectivity index (χ2v) is 10.8. The first-order valence-electron chi connectivity index (χ1n) is 11.1. The smallest absolute Gasteiger partial charge is 0.263 e. The number of hydrogen-bond acceptors (Lipinski definition) is 10. The fourth-order valence-electron chi connectivity index (χ4n) is 3.38. The Morgan fingerprint density at radius 2 is 1.86 bits per heavy atom. The summed E-state index contributed by atoms with van der Waals surface area (Å²) in [5, 5.41) is 20.4. The van der Waals surface area contributed by atoms with Crippen LogP contribution in [0.25, 0.3) is 11.5 Å². The minimum absolute atomic E-state index is 0.0272. The molecule has 0 saturated carbocycles. The highest BCUT2D eigenvalue weighted by atomic mass is 35.5. The van der Waals surface area contributed by atoms with E-state index < -0.39 is 15.9 Å². The van der Waals surface area contributed by atoms with Crippen molar-refractivity contribution in [3.63, 3.8) is 0 Å². The Morgan fingerprint density at radius 3 is 2.47 bits per heavy atom. The number of benzene rings is 2. The van der Waals surface area contributed by atoms with Crippen molar-refractivity contribution in [2.75, 3.05) is 23.5 Å². The number of halogens is 1. The Bertz CT molecular complexity index is 1460. The number of anilines is 3. The van der Waals surface area contributed by atoms with Crippen molar-refractivity contribution in [1.82, 2.24) is 20.1 Å². The van der Waals surface area contributed by atoms with Gasteiger partial charge in [0.15, 0.2) is 15.7 Å². The van der Waals surface area contributed by atoms with Gasteiger partial charge < -0.3 is 20.3 Å². The minimum atomic E-state index is -3.46. The van der Waals surface area contributed by atoms with Crippen LogP contribution < -0.4 is 10.6 Å². The molecule has 10 nitrogen and oxygen atoms in total. The van der Waals surface area contributed by atoms with E-state index in [0.29, 0.717) is 22.9 Å². The summed E-state index contributed by atoms with van der Waals surface area (Å²) >= 11 is 6.17. The summed E-state index contributed by atoms with van der Waals surface area (Å²) in [4.78, 5) is 13.4. The van der Waals surface area contributed by atoms with Gasteiger partial charge in [0, 0.05) is 24.1 Å². The minimum Gasteiger partial charge on any atom is -0.394 e. The average Bonchev–Trinajstić information content (AvgIpc) is 3.33. The van der Waals surface area contributed by atoms with Crippen LogP contribution in [0.3, 0.4) is 0 Å². The molecule has 0 fully saturated rings. The van der Waals surface area contributed by atoms with Gasteiger partial charge in [-0.15, -0.1) is 0 Å². The zero-order valence-electron chi connectivity index (χ0n) is 19.8. The van der Waals surface area contributed by atoms with E-state index in [1.165, 1.54) is 18.3 Å². The van der Waals surface area contributed by atoms with E-state index in [1.807, 2.05) is 44.2 Å². The van der Waals surface area contributed by atoms with Crippen LogP contribution in [0, 0.1) is 0 Å². The van der Waals surface area contributed by atoms with E-state index >= 15 is 0 Å². The normalized spacial score (nSPS) is 12.5. The highest BCUT2D eigenvalue weighted by Crippen LogP contribution is 2.31. The first kappa shape index (κ1) is 25.5. The Balaban J connectivity index is 1.71. The number of rotatable bonds is 9. The molecular weight excluding hydrogens is 504 g/mol. The summed E-state index contributed by atoms with van der Waals surface area (Å²) < 4.78 is 29.2. The monoisotopic (exact) mass is 528 g/mol. The fourth-order valence-corrected chi connectivity index (χ4v) is 4.71. The highest BCUT2D eigenvalue weighted by Gasteiger charge is 2.21. The lowest BCUT2D eigenvalue weighted by molar-refractivity contribution is 0.276. The molecule has 0 aliphatic carbocycles. The number of aliphatic hydroxyl groups is 1. The Morgan fingerprint density at radius 1 is 1.11 bits per heavy atom. The Hall–Kier alpha value is -3.54. The molecule has 4 rings (SSSR count). The number of aliphatic hydroxyl groups excluding tert-OH is 1. The molecule has 0 aliphatic rings. The zero-order valence-corrected chi connectivity index (χ0v) is 21.4. The molecule has 36 heavy (non-hydrogen) atoms. The molecule has 1 atom stereocenters. The second-order valence-electron chi connectivity index (χ2n) is 8.40. The molecule has 0 saturated heterocycles. The van der Waals surface area contributed by atoms with Gasteiger partial charge in [-0.05, 0) is 23.8 Å². The maximum absolute atomic E-state index is 11.9. The van der Waals surface area contributed by atoms with Gasteiger partial charge in [0.05, 0.1) is 22.6 Å². The molecule has 188 valence electrons. The van der Waals surface area contributed by atoms with Crippen molar-refractivity contribution in [2.45, 2.75) is 30.7 Å². The summed E-state index contributed by atoms with van der Waals surface area (Å²) in [6, 6.07) is 13.4. The van der Waals surface area contributed by atoms with Gasteiger partial charge in [0.2, 0.25) is 5.95 Å². The first-order valence-corrected chi connectivity index (χ1v) is 13.3. The third-order valence-corrected chi connectivity index (χ3v) is 6.84. The topological polar surface area (TPSA) is 143 Å². The zero-order chi connectivity index (χ0) is 25.9. The van der Waals surface area contributed by atoms with Crippen LogP contribution in [0.1, 0.15) is 37.2 Å². The number of aromatic nitrogens is 4. The Labute approximate surface area is 213 Å². The predicted octanol–water partition coefficient (Wildman–Crippen LogP) is 4.60. The molecule has 12 heteroatoms. The Kier molecular flexibility index (Phi) is 7.53. The maximum Gasteiger partial charge on any atom is 0.263 e. The van der Waals surface area contributed by atoms with Gasteiger partial charge in [0.25, 0.3) is 5.89 Å². The molecule has 2 aromatic heterocycles. The van der Waals surface area contributed by atoms with E-state index in [4.69, 9.17) is 16.1 Å². The predicted molar refractivity (Wildman–Crippen MR) is 137 cm³/mol. The van der Waals surface area contributed by atoms with E-state index in [2.05, 4.69) is 30.7 Å². The number of nitrogens with zero attached hydrogens (tertiary/aromatic N) is 4. The van der Waals surface area contributed by atoms with Crippen LogP contribution in [0.5, 0.6) is 0 Å². The summed E-state index contributed by atoms with van der Waals surface area (Å²) in [7, 11) is -3.46. The van der Waals surface area contributed by atoms with Crippen molar-refractivity contribution < 1.29 is 18.0 Å². The molecule has 0 aliphatic heterocycles. The second kappa shape index (κ2) is 10.6. The van der Waals surface area contributed by atoms with E-state index in [0.717, 1.165) is 11.8 Å². The molecule has 0 bridgehead atoms. The summed E-state index contributed by atoms with van der Waals surface area (Å²) in [5.41, 5.74) is 1.81. The summed E-state index contributed by atoms with van der Waals surface area (Å²) in [6.45, 7) is 3.71. The van der Waals surface area contributed by atoms with Crippen LogP contribution in [-0.2, 0) is 9.84 Å².